The summed E-state index contributed by atoms with van der Waals surface area (Å²) in [6.07, 6.45) is 0. The van der Waals surface area contributed by atoms with E-state index in [0.717, 1.165) is 15.3 Å². The van der Waals surface area contributed by atoms with E-state index in [1.807, 2.05) is 48.5 Å². The fourth-order valence-corrected chi connectivity index (χ4v) is 4.24. The molecule has 0 N–H and O–H groups in total. The zero-order chi connectivity index (χ0) is 11.8. The van der Waals surface area contributed by atoms with E-state index in [-0.39, 0.29) is 20.3 Å². The minimum atomic E-state index is -0.0152. The first kappa shape index (κ1) is 10.8. The Morgan fingerprint density at radius 1 is 1.00 bits per heavy atom. The van der Waals surface area contributed by atoms with Gasteiger partial charge in [-0.3, -0.25) is 0 Å². The SMILES string of the molecule is O=c1c2ccccc2[se]n1-c1ccccc1Cl. The molecule has 84 valence electrons. The average molecular weight is 309 g/mol. The Kier molecular flexibility index (Phi) is 2.67. The summed E-state index contributed by atoms with van der Waals surface area (Å²) in [5.74, 6) is 0. The molecule has 0 aliphatic heterocycles. The summed E-state index contributed by atoms with van der Waals surface area (Å²) in [6, 6.07) is 15.2. The van der Waals surface area contributed by atoms with E-state index >= 15 is 0 Å². The molecule has 1 aromatic heterocycles. The molecule has 4 heteroatoms. The maximum absolute atomic E-state index is 12.2. The molecule has 0 amide bonds. The van der Waals surface area contributed by atoms with Crippen molar-refractivity contribution in [1.29, 1.82) is 0 Å². The van der Waals surface area contributed by atoms with Crippen LogP contribution < -0.4 is 5.56 Å². The van der Waals surface area contributed by atoms with E-state index in [1.54, 1.807) is 3.56 Å². The number of nitrogens with zero attached hydrogens (tertiary/aromatic N) is 1. The van der Waals surface area contributed by atoms with Crippen molar-refractivity contribution in [2.75, 3.05) is 0 Å². The molecule has 2 aromatic carbocycles. The van der Waals surface area contributed by atoms with Crippen LogP contribution in [-0.2, 0) is 0 Å². The third kappa shape index (κ3) is 1.77. The van der Waals surface area contributed by atoms with Crippen LogP contribution in [0.3, 0.4) is 0 Å². The Morgan fingerprint density at radius 2 is 1.71 bits per heavy atom. The summed E-state index contributed by atoms with van der Waals surface area (Å²) in [6.45, 7) is 0. The molecule has 3 aromatic rings. The summed E-state index contributed by atoms with van der Waals surface area (Å²) in [4.78, 5) is 12.2. The van der Waals surface area contributed by atoms with Gasteiger partial charge in [0.1, 0.15) is 0 Å². The first-order valence-electron chi connectivity index (χ1n) is 5.13. The molecule has 3 rings (SSSR count). The van der Waals surface area contributed by atoms with E-state index in [0.29, 0.717) is 5.02 Å². The molecule has 0 radical (unpaired) electrons. The van der Waals surface area contributed by atoms with Gasteiger partial charge in [-0.2, -0.15) is 0 Å². The molecule has 2 nitrogen and oxygen atoms in total. The molecule has 0 saturated heterocycles. The fraction of sp³-hybridized carbons (Fsp3) is 0. The summed E-state index contributed by atoms with van der Waals surface area (Å²) in [5.41, 5.74) is 0.851. The number of benzene rings is 2. The minimum absolute atomic E-state index is 0.0152. The van der Waals surface area contributed by atoms with Gasteiger partial charge < -0.3 is 0 Å². The Bertz CT molecular complexity index is 744. The summed E-state index contributed by atoms with van der Waals surface area (Å²) < 4.78 is 2.89. The molecule has 0 unspecified atom stereocenters. The van der Waals surface area contributed by atoms with Crippen LogP contribution in [-0.4, -0.2) is 18.3 Å². The van der Waals surface area contributed by atoms with Gasteiger partial charge in [0.25, 0.3) is 0 Å². The molecule has 0 atom stereocenters. The first-order valence-corrected chi connectivity index (χ1v) is 7.13. The average Bonchev–Trinajstić information content (AvgIpc) is 2.68. The molecule has 0 bridgehead atoms. The number of para-hydroxylation sites is 1. The monoisotopic (exact) mass is 309 g/mol. The van der Waals surface area contributed by atoms with Crippen molar-refractivity contribution < 1.29 is 0 Å². The topological polar surface area (TPSA) is 22.0 Å². The molecule has 0 fully saturated rings. The second-order valence-electron chi connectivity index (χ2n) is 3.64. The normalized spacial score (nSPS) is 10.9. The van der Waals surface area contributed by atoms with Crippen molar-refractivity contribution in [3.8, 4) is 5.69 Å². The second kappa shape index (κ2) is 4.19. The number of hydrogen-bond donors (Lipinski definition) is 0. The Balaban J connectivity index is 2.36. The maximum atomic E-state index is 12.2. The molecule has 17 heavy (non-hydrogen) atoms. The molecule has 0 saturated carbocycles. The zero-order valence-corrected chi connectivity index (χ0v) is 11.2. The summed E-state index contributed by atoms with van der Waals surface area (Å²) in [7, 11) is 0. The first-order chi connectivity index (χ1) is 8.27. The van der Waals surface area contributed by atoms with E-state index in [2.05, 4.69) is 0 Å². The second-order valence-corrected chi connectivity index (χ2v) is 6.12. The third-order valence-electron chi connectivity index (χ3n) is 2.56. The molecule has 0 aliphatic rings. The molecule has 1 heterocycles. The van der Waals surface area contributed by atoms with Gasteiger partial charge in [0.05, 0.1) is 0 Å². The summed E-state index contributed by atoms with van der Waals surface area (Å²) in [5, 5.41) is 1.42. The van der Waals surface area contributed by atoms with Crippen molar-refractivity contribution in [3.05, 3.63) is 63.9 Å². The van der Waals surface area contributed by atoms with Crippen LogP contribution in [0.25, 0.3) is 15.3 Å². The Morgan fingerprint density at radius 3 is 2.47 bits per heavy atom. The van der Waals surface area contributed by atoms with Gasteiger partial charge in [-0.25, -0.2) is 0 Å². The van der Waals surface area contributed by atoms with Gasteiger partial charge in [0.2, 0.25) is 0 Å². The standard InChI is InChI=1S/C13H8ClNOSe/c14-10-6-2-3-7-11(10)15-13(16)9-5-1-4-8-12(9)17-15/h1-8H. The number of halogens is 1. The number of aromatic nitrogens is 1. The van der Waals surface area contributed by atoms with Crippen LogP contribution in [0.15, 0.2) is 53.3 Å². The Labute approximate surface area is 109 Å². The van der Waals surface area contributed by atoms with E-state index in [4.69, 9.17) is 11.6 Å². The zero-order valence-electron chi connectivity index (χ0n) is 8.76. The van der Waals surface area contributed by atoms with E-state index in [9.17, 15) is 4.79 Å². The summed E-state index contributed by atoms with van der Waals surface area (Å²) >= 11 is 6.11. The predicted molar refractivity (Wildman–Crippen MR) is 71.5 cm³/mol. The molecular weight excluding hydrogens is 301 g/mol. The van der Waals surface area contributed by atoms with Gasteiger partial charge in [-0.15, -0.1) is 0 Å². The van der Waals surface area contributed by atoms with Gasteiger partial charge in [-0.1, -0.05) is 0 Å². The predicted octanol–water partition coefficient (Wildman–Crippen LogP) is 2.70. The van der Waals surface area contributed by atoms with E-state index in [1.165, 1.54) is 0 Å². The van der Waals surface area contributed by atoms with Crippen molar-refractivity contribution in [2.45, 2.75) is 0 Å². The molecule has 0 aliphatic carbocycles. The fourth-order valence-electron chi connectivity index (χ4n) is 1.75. The molecular formula is C13H8ClNOSe. The number of hydrogen-bond acceptors (Lipinski definition) is 1. The van der Waals surface area contributed by atoms with Crippen LogP contribution in [0, 0.1) is 0 Å². The van der Waals surface area contributed by atoms with E-state index < -0.39 is 0 Å². The van der Waals surface area contributed by atoms with Crippen LogP contribution in [0.4, 0.5) is 0 Å². The van der Waals surface area contributed by atoms with Gasteiger partial charge in [0, 0.05) is 0 Å². The number of fused-ring (bicyclic) bond motifs is 1. The van der Waals surface area contributed by atoms with Crippen LogP contribution in [0.1, 0.15) is 0 Å². The van der Waals surface area contributed by atoms with Crippen molar-refractivity contribution in [3.63, 3.8) is 0 Å². The van der Waals surface area contributed by atoms with Crippen molar-refractivity contribution >= 4 is 36.0 Å². The van der Waals surface area contributed by atoms with Gasteiger partial charge in [0.15, 0.2) is 0 Å². The third-order valence-corrected chi connectivity index (χ3v) is 5.19. The Hall–Kier alpha value is -1.28. The molecule has 0 spiro atoms. The quantitative estimate of drug-likeness (QED) is 0.634. The van der Waals surface area contributed by atoms with Gasteiger partial charge in [-0.05, 0) is 0 Å². The van der Waals surface area contributed by atoms with Crippen molar-refractivity contribution in [2.24, 2.45) is 0 Å². The van der Waals surface area contributed by atoms with Crippen molar-refractivity contribution in [1.82, 2.24) is 3.56 Å². The number of rotatable bonds is 1. The van der Waals surface area contributed by atoms with Crippen LogP contribution in [0.5, 0.6) is 0 Å². The van der Waals surface area contributed by atoms with Gasteiger partial charge >= 0.3 is 109 Å². The van der Waals surface area contributed by atoms with Crippen LogP contribution >= 0.6 is 11.6 Å². The van der Waals surface area contributed by atoms with Crippen LogP contribution in [0.2, 0.25) is 5.02 Å².